The number of ketones is 2. The number of hydrogen-bond donors (Lipinski definition) is 2. The number of benzene rings is 4. The van der Waals surface area contributed by atoms with Gasteiger partial charge in [-0.3, -0.25) is 14.8 Å². The maximum Gasteiger partial charge on any atom is 0.241 e. The molecule has 0 radical (unpaired) electrons. The van der Waals surface area contributed by atoms with Crippen LogP contribution in [0.3, 0.4) is 0 Å². The molecule has 0 aliphatic heterocycles. The van der Waals surface area contributed by atoms with Crippen LogP contribution >= 0.6 is 46.4 Å². The van der Waals surface area contributed by atoms with Gasteiger partial charge >= 0.3 is 0 Å². The zero-order chi connectivity index (χ0) is 49.7. The van der Waals surface area contributed by atoms with Gasteiger partial charge < -0.3 is 33.7 Å². The fourth-order valence-electron chi connectivity index (χ4n) is 6.69. The number of nitrogens with zero attached hydrogens (tertiary/aromatic N) is 2. The molecular weight excluding hydrogens is 966 g/mol. The van der Waals surface area contributed by atoms with Crippen LogP contribution in [0.25, 0.3) is 0 Å². The highest BCUT2D eigenvalue weighted by Gasteiger charge is 2.27. The second kappa shape index (κ2) is 24.3. The van der Waals surface area contributed by atoms with E-state index >= 15 is 0 Å². The number of aromatic nitrogens is 2. The number of carbonyl (C=O) groups is 2. The first kappa shape index (κ1) is 52.9. The largest absolute Gasteiger partial charge is 0.493 e. The first-order valence-electron chi connectivity index (χ1n) is 20.9. The van der Waals surface area contributed by atoms with Gasteiger partial charge in [0, 0.05) is 53.3 Å². The number of pyridine rings is 2. The Labute approximate surface area is 413 Å². The molecule has 0 fully saturated rings. The molecule has 2 heterocycles. The predicted molar refractivity (Wildman–Crippen MR) is 258 cm³/mol. The van der Waals surface area contributed by atoms with Gasteiger partial charge in [-0.05, 0) is 80.4 Å². The number of Topliss-reactive ketones (excluding diaryl/α,β-unsaturated/α-hetero) is 2. The topological polar surface area (TPSA) is 139 Å². The monoisotopic (exact) mass is 1010 g/mol. The van der Waals surface area contributed by atoms with Crippen LogP contribution < -0.4 is 38.5 Å². The van der Waals surface area contributed by atoms with Crippen molar-refractivity contribution in [2.75, 3.05) is 47.0 Å². The molecular formula is C50H50Cl4F2N3O9+. The summed E-state index contributed by atoms with van der Waals surface area (Å²) in [5.41, 5.74) is 2.85. The molecule has 0 atom stereocenters. The van der Waals surface area contributed by atoms with E-state index in [0.29, 0.717) is 52.6 Å². The van der Waals surface area contributed by atoms with Gasteiger partial charge in [0.1, 0.15) is 27.5 Å². The van der Waals surface area contributed by atoms with Gasteiger partial charge in [-0.15, -0.1) is 0 Å². The normalized spacial score (nSPS) is 11.0. The molecule has 2 aromatic heterocycles. The molecule has 0 saturated heterocycles. The molecule has 0 unspecified atom stereocenters. The number of carbonyl (C=O) groups excluding carboxylic acids is 2. The smallest absolute Gasteiger partial charge is 0.241 e. The minimum atomic E-state index is -0.318. The average Bonchev–Trinajstić information content (AvgIpc) is 3.30. The summed E-state index contributed by atoms with van der Waals surface area (Å²) in [7, 11) is 5.90. The highest BCUT2D eigenvalue weighted by Crippen LogP contribution is 2.43. The molecule has 360 valence electrons. The van der Waals surface area contributed by atoms with Crippen LogP contribution in [-0.4, -0.2) is 68.9 Å². The maximum atomic E-state index is 13.5. The molecule has 4 aromatic carbocycles. The summed E-state index contributed by atoms with van der Waals surface area (Å²) in [4.78, 5) is 30.9. The standard InChI is InChI=1S/C27H29Cl2FN2O4.C23H21Cl2FNO5/c1-27(2,3)32-26-23(29)19(20(28)15-31-26)14-21(33)18-10-11-22(34-4)25(35-5)24(18)36-13-12-16-6-8-17(30)9-7-16;1-30-21-8-7-16(20(28)11-17-18(24)12-27(29)13-19(17)25)22(23(21)31-2)32-10-9-14-3-5-15(26)6-4-14/h6-11,15H,12-14H2,1-5H3,(H,31,32);3-8,12-13,29H,9-11H2,1-2H3/q;+1. The molecule has 12 nitrogen and oxygen atoms in total. The van der Waals surface area contributed by atoms with E-state index in [2.05, 4.69) is 10.3 Å². The molecule has 0 amide bonds. The van der Waals surface area contributed by atoms with Gasteiger partial charge in [0.15, 0.2) is 34.6 Å². The first-order chi connectivity index (χ1) is 32.4. The van der Waals surface area contributed by atoms with E-state index in [0.717, 1.165) is 15.9 Å². The summed E-state index contributed by atoms with van der Waals surface area (Å²) in [5.74, 6) is 1.09. The molecule has 6 rings (SSSR count). The highest BCUT2D eigenvalue weighted by molar-refractivity contribution is 6.38. The zero-order valence-corrected chi connectivity index (χ0v) is 41.3. The van der Waals surface area contributed by atoms with Crippen LogP contribution in [0, 0.1) is 11.6 Å². The second-order valence-corrected chi connectivity index (χ2v) is 17.5. The quantitative estimate of drug-likeness (QED) is 0.0455. The summed E-state index contributed by atoms with van der Waals surface area (Å²) in [5, 5.41) is 13.6. The van der Waals surface area contributed by atoms with Gasteiger partial charge in [-0.1, -0.05) is 70.7 Å². The lowest BCUT2D eigenvalue weighted by Crippen LogP contribution is -2.29. The van der Waals surface area contributed by atoms with E-state index in [-0.39, 0.29) is 97.7 Å². The van der Waals surface area contributed by atoms with Crippen molar-refractivity contribution >= 4 is 63.8 Å². The Morgan fingerprint density at radius 3 is 1.44 bits per heavy atom. The number of hydrogen-bond acceptors (Lipinski definition) is 11. The third-order valence-corrected chi connectivity index (χ3v) is 11.4. The molecule has 0 bridgehead atoms. The van der Waals surface area contributed by atoms with Crippen LogP contribution in [0.2, 0.25) is 20.1 Å². The third kappa shape index (κ3) is 14.0. The van der Waals surface area contributed by atoms with E-state index in [1.165, 1.54) is 71.3 Å². The average molecular weight is 1020 g/mol. The molecule has 68 heavy (non-hydrogen) atoms. The third-order valence-electron chi connectivity index (χ3n) is 10.0. The van der Waals surface area contributed by atoms with E-state index in [9.17, 15) is 23.6 Å². The minimum Gasteiger partial charge on any atom is -0.493 e. The number of anilines is 1. The minimum absolute atomic E-state index is 0.0805. The molecule has 0 saturated carbocycles. The van der Waals surface area contributed by atoms with Crippen molar-refractivity contribution < 1.29 is 56.7 Å². The van der Waals surface area contributed by atoms with Crippen molar-refractivity contribution in [2.45, 2.75) is 52.0 Å². The van der Waals surface area contributed by atoms with Crippen molar-refractivity contribution in [1.29, 1.82) is 0 Å². The van der Waals surface area contributed by atoms with E-state index < -0.39 is 0 Å². The van der Waals surface area contributed by atoms with Crippen LogP contribution in [0.1, 0.15) is 63.7 Å². The maximum absolute atomic E-state index is 13.5. The van der Waals surface area contributed by atoms with Gasteiger partial charge in [-0.2, -0.15) is 0 Å². The van der Waals surface area contributed by atoms with E-state index in [1.807, 2.05) is 20.8 Å². The molecule has 0 spiro atoms. The number of methoxy groups -OCH3 is 4. The van der Waals surface area contributed by atoms with E-state index in [4.69, 9.17) is 74.8 Å². The summed E-state index contributed by atoms with van der Waals surface area (Å²) in [6.07, 6.45) is 4.73. The summed E-state index contributed by atoms with van der Waals surface area (Å²) < 4.78 is 60.7. The van der Waals surface area contributed by atoms with Gasteiger partial charge in [0.2, 0.25) is 23.9 Å². The fraction of sp³-hybridized carbons (Fsp3) is 0.280. The van der Waals surface area contributed by atoms with Crippen molar-refractivity contribution in [2.24, 2.45) is 0 Å². The first-order valence-corrected chi connectivity index (χ1v) is 22.4. The molecule has 2 N–H and O–H groups in total. The van der Waals surface area contributed by atoms with Crippen molar-refractivity contribution in [3.63, 3.8) is 0 Å². The number of ether oxygens (including phenoxy) is 6. The summed E-state index contributed by atoms with van der Waals surface area (Å²) in [6, 6.07) is 18.7. The lowest BCUT2D eigenvalue weighted by Gasteiger charge is -2.23. The molecule has 6 aromatic rings. The lowest BCUT2D eigenvalue weighted by atomic mass is 10.0. The Morgan fingerprint density at radius 1 is 0.618 bits per heavy atom. The Hall–Kier alpha value is -6.06. The van der Waals surface area contributed by atoms with Crippen molar-refractivity contribution in [3.05, 3.63) is 156 Å². The van der Waals surface area contributed by atoms with Crippen molar-refractivity contribution in [3.8, 4) is 34.5 Å². The number of halogens is 6. The second-order valence-electron chi connectivity index (χ2n) is 15.9. The summed E-state index contributed by atoms with van der Waals surface area (Å²) >= 11 is 25.3. The van der Waals surface area contributed by atoms with Crippen LogP contribution in [-0.2, 0) is 25.7 Å². The Bertz CT molecular complexity index is 2700. The van der Waals surface area contributed by atoms with Gasteiger partial charge in [0.25, 0.3) is 0 Å². The number of rotatable bonds is 19. The van der Waals surface area contributed by atoms with Crippen LogP contribution in [0.15, 0.2) is 91.4 Å². The highest BCUT2D eigenvalue weighted by atomic mass is 35.5. The van der Waals surface area contributed by atoms with E-state index in [1.54, 1.807) is 48.5 Å². The fourth-order valence-corrected chi connectivity index (χ4v) is 7.80. The lowest BCUT2D eigenvalue weighted by molar-refractivity contribution is -0.904. The van der Waals surface area contributed by atoms with Gasteiger partial charge in [0.05, 0.1) is 62.8 Å². The van der Waals surface area contributed by atoms with Gasteiger partial charge in [-0.25, -0.2) is 13.8 Å². The zero-order valence-electron chi connectivity index (χ0n) is 38.3. The van der Waals surface area contributed by atoms with Crippen LogP contribution in [0.5, 0.6) is 34.5 Å². The Balaban J connectivity index is 0.000000256. The Kier molecular flexibility index (Phi) is 18.9. The molecule has 0 aliphatic carbocycles. The predicted octanol–water partition coefficient (Wildman–Crippen LogP) is 11.5. The number of nitrogens with one attached hydrogen (secondary N) is 1. The molecule has 18 heteroatoms. The summed E-state index contributed by atoms with van der Waals surface area (Å²) in [6.45, 7) is 6.37. The Morgan fingerprint density at radius 2 is 1.04 bits per heavy atom. The molecule has 0 aliphatic rings. The van der Waals surface area contributed by atoms with Crippen LogP contribution in [0.4, 0.5) is 14.6 Å². The van der Waals surface area contributed by atoms with Crippen molar-refractivity contribution in [1.82, 2.24) is 4.98 Å². The SMILES string of the molecule is COc1ccc(C(=O)Cc2c(Cl)c[n+](O)cc2Cl)c(OCCc2ccc(F)cc2)c1OC.COc1ccc(C(=O)Cc2c(Cl)cnc(NC(C)(C)C)c2Cl)c(OCCc2ccc(F)cc2)c1OC.